The number of carbonyl (C=O) groups excluding carboxylic acids is 1. The van der Waals surface area contributed by atoms with Crippen molar-refractivity contribution in [3.8, 4) is 0 Å². The monoisotopic (exact) mass is 469 g/mol. The van der Waals surface area contributed by atoms with Gasteiger partial charge in [0.05, 0.1) is 25.7 Å². The highest BCUT2D eigenvalue weighted by Crippen LogP contribution is 2.31. The van der Waals surface area contributed by atoms with E-state index in [0.29, 0.717) is 33.5 Å². The molecule has 1 saturated heterocycles. The van der Waals surface area contributed by atoms with Crippen molar-refractivity contribution in [2.75, 3.05) is 18.4 Å². The van der Waals surface area contributed by atoms with E-state index in [9.17, 15) is 13.2 Å². The normalized spacial score (nSPS) is 15.5. The highest BCUT2D eigenvalue weighted by atomic mass is 35.5. The van der Waals surface area contributed by atoms with Gasteiger partial charge in [0, 0.05) is 18.1 Å². The van der Waals surface area contributed by atoms with Crippen LogP contribution in [0.2, 0.25) is 10.0 Å². The molecule has 0 unspecified atom stereocenters. The summed E-state index contributed by atoms with van der Waals surface area (Å²) in [6, 6.07) is 9.45. The first-order valence-corrected chi connectivity index (χ1v) is 12.0. The first kappa shape index (κ1) is 20.6. The fourth-order valence-corrected chi connectivity index (χ4v) is 6.22. The van der Waals surface area contributed by atoms with Crippen LogP contribution in [0.3, 0.4) is 0 Å². The Labute approximate surface area is 182 Å². The molecule has 6 nitrogen and oxygen atoms in total. The zero-order valence-electron chi connectivity index (χ0n) is 15.2. The second-order valence-corrected chi connectivity index (χ2v) is 10.5. The van der Waals surface area contributed by atoms with Crippen molar-refractivity contribution in [1.82, 2.24) is 9.29 Å². The first-order chi connectivity index (χ1) is 13.8. The van der Waals surface area contributed by atoms with E-state index in [1.807, 2.05) is 0 Å². The van der Waals surface area contributed by atoms with Crippen LogP contribution in [0.15, 0.2) is 41.3 Å². The Morgan fingerprint density at radius 2 is 1.83 bits per heavy atom. The summed E-state index contributed by atoms with van der Waals surface area (Å²) in [4.78, 5) is 17.1. The topological polar surface area (TPSA) is 79.4 Å². The van der Waals surface area contributed by atoms with Gasteiger partial charge in [-0.3, -0.25) is 10.1 Å². The average molecular weight is 470 g/mol. The summed E-state index contributed by atoms with van der Waals surface area (Å²) in [6.07, 6.45) is 2.82. The van der Waals surface area contributed by atoms with Gasteiger partial charge >= 0.3 is 0 Å². The average Bonchev–Trinajstić information content (AvgIpc) is 3.09. The molecular weight excluding hydrogens is 453 g/mol. The summed E-state index contributed by atoms with van der Waals surface area (Å²) in [7, 11) is -3.53. The van der Waals surface area contributed by atoms with Crippen LogP contribution in [0.25, 0.3) is 10.2 Å². The molecule has 1 amide bonds. The van der Waals surface area contributed by atoms with Crippen LogP contribution in [-0.4, -0.2) is 36.7 Å². The standard InChI is InChI=1S/C19H17Cl2N3O3S2/c20-12-4-6-14(15(21)10-12)18(25)23-19-22-16-7-5-13(11-17(16)28-19)29(26,27)24-8-2-1-3-9-24/h4-7,10-11H,1-3,8-9H2,(H,22,23,25). The van der Waals surface area contributed by atoms with Gasteiger partial charge in [-0.15, -0.1) is 0 Å². The summed E-state index contributed by atoms with van der Waals surface area (Å²) in [5.74, 6) is -0.410. The SMILES string of the molecule is O=C(Nc1nc2ccc(S(=O)(=O)N3CCCCC3)cc2s1)c1ccc(Cl)cc1Cl. The minimum atomic E-state index is -3.53. The summed E-state index contributed by atoms with van der Waals surface area (Å²) < 4.78 is 28.0. The van der Waals surface area contributed by atoms with E-state index in [0.717, 1.165) is 19.3 Å². The number of aromatic nitrogens is 1. The van der Waals surface area contributed by atoms with E-state index in [4.69, 9.17) is 23.2 Å². The van der Waals surface area contributed by atoms with Gasteiger partial charge in [0.25, 0.3) is 5.91 Å². The maximum Gasteiger partial charge on any atom is 0.258 e. The van der Waals surface area contributed by atoms with Crippen LogP contribution < -0.4 is 5.32 Å². The summed E-state index contributed by atoms with van der Waals surface area (Å²) >= 11 is 13.2. The third-order valence-corrected chi connectivity index (χ3v) is 8.08. The largest absolute Gasteiger partial charge is 0.298 e. The Morgan fingerprint density at radius 3 is 2.55 bits per heavy atom. The van der Waals surface area contributed by atoms with E-state index in [-0.39, 0.29) is 15.5 Å². The third-order valence-electron chi connectivity index (χ3n) is 4.71. The molecule has 0 spiro atoms. The number of benzene rings is 2. The van der Waals surface area contributed by atoms with Crippen molar-refractivity contribution in [2.24, 2.45) is 0 Å². The van der Waals surface area contributed by atoms with E-state index < -0.39 is 15.9 Å². The molecule has 1 aliphatic heterocycles. The number of amides is 1. The number of rotatable bonds is 4. The van der Waals surface area contributed by atoms with Gasteiger partial charge < -0.3 is 0 Å². The van der Waals surface area contributed by atoms with Crippen LogP contribution in [0.5, 0.6) is 0 Å². The number of fused-ring (bicyclic) bond motifs is 1. The van der Waals surface area contributed by atoms with E-state index in [1.54, 1.807) is 24.3 Å². The van der Waals surface area contributed by atoms with Crippen molar-refractivity contribution < 1.29 is 13.2 Å². The Morgan fingerprint density at radius 1 is 1.07 bits per heavy atom. The lowest BCUT2D eigenvalue weighted by Crippen LogP contribution is -2.35. The third kappa shape index (κ3) is 4.27. The molecule has 1 fully saturated rings. The van der Waals surface area contributed by atoms with Crippen molar-refractivity contribution in [3.63, 3.8) is 0 Å². The van der Waals surface area contributed by atoms with Gasteiger partial charge in [0.2, 0.25) is 10.0 Å². The molecule has 0 aliphatic carbocycles. The molecule has 29 heavy (non-hydrogen) atoms. The number of halogens is 2. The molecule has 152 valence electrons. The smallest absolute Gasteiger partial charge is 0.258 e. The molecule has 10 heteroatoms. The quantitative estimate of drug-likeness (QED) is 0.580. The van der Waals surface area contributed by atoms with Crippen molar-refractivity contribution in [2.45, 2.75) is 24.2 Å². The lowest BCUT2D eigenvalue weighted by molar-refractivity contribution is 0.102. The van der Waals surface area contributed by atoms with Gasteiger partial charge in [-0.1, -0.05) is 41.0 Å². The number of hydrogen-bond donors (Lipinski definition) is 1. The second-order valence-electron chi connectivity index (χ2n) is 6.69. The molecule has 2 heterocycles. The van der Waals surface area contributed by atoms with E-state index in [1.165, 1.54) is 27.8 Å². The van der Waals surface area contributed by atoms with Crippen molar-refractivity contribution in [1.29, 1.82) is 0 Å². The van der Waals surface area contributed by atoms with Crippen LogP contribution >= 0.6 is 34.5 Å². The predicted octanol–water partition coefficient (Wildman–Crippen LogP) is 5.03. The number of nitrogens with zero attached hydrogens (tertiary/aromatic N) is 2. The number of sulfonamides is 1. The van der Waals surface area contributed by atoms with E-state index >= 15 is 0 Å². The van der Waals surface area contributed by atoms with Gasteiger partial charge in [0.1, 0.15) is 0 Å². The Kier molecular flexibility index (Phi) is 5.81. The molecule has 0 atom stereocenters. The number of anilines is 1. The Hall–Kier alpha value is -1.71. The second kappa shape index (κ2) is 8.20. The number of carbonyl (C=O) groups is 1. The summed E-state index contributed by atoms with van der Waals surface area (Å²) in [5, 5.41) is 3.76. The molecule has 1 aliphatic rings. The maximum absolute atomic E-state index is 12.9. The van der Waals surface area contributed by atoms with Gasteiger partial charge in [0.15, 0.2) is 5.13 Å². The van der Waals surface area contributed by atoms with Crippen molar-refractivity contribution in [3.05, 3.63) is 52.0 Å². The fraction of sp³-hybridized carbons (Fsp3) is 0.263. The fourth-order valence-electron chi connectivity index (χ4n) is 3.21. The van der Waals surface area contributed by atoms with Gasteiger partial charge in [-0.25, -0.2) is 13.4 Å². The predicted molar refractivity (Wildman–Crippen MR) is 117 cm³/mol. The zero-order chi connectivity index (χ0) is 20.6. The molecule has 0 bridgehead atoms. The molecule has 2 aromatic carbocycles. The van der Waals surface area contributed by atoms with Gasteiger partial charge in [-0.05, 0) is 49.2 Å². The van der Waals surface area contributed by atoms with Crippen LogP contribution in [0.1, 0.15) is 29.6 Å². The molecule has 4 rings (SSSR count). The molecule has 3 aromatic rings. The molecule has 0 radical (unpaired) electrons. The maximum atomic E-state index is 12.9. The lowest BCUT2D eigenvalue weighted by Gasteiger charge is -2.25. The molecule has 1 N–H and O–H groups in total. The number of thiazole rings is 1. The number of piperidine rings is 1. The Balaban J connectivity index is 1.59. The highest BCUT2D eigenvalue weighted by molar-refractivity contribution is 7.89. The lowest BCUT2D eigenvalue weighted by atomic mass is 10.2. The number of nitrogens with one attached hydrogen (secondary N) is 1. The molecule has 1 aromatic heterocycles. The minimum absolute atomic E-state index is 0.242. The molecular formula is C19H17Cl2N3O3S2. The Bertz CT molecular complexity index is 1190. The minimum Gasteiger partial charge on any atom is -0.298 e. The van der Waals surface area contributed by atoms with Gasteiger partial charge in [-0.2, -0.15) is 4.31 Å². The van der Waals surface area contributed by atoms with Crippen LogP contribution in [0.4, 0.5) is 5.13 Å². The highest BCUT2D eigenvalue weighted by Gasteiger charge is 2.26. The van der Waals surface area contributed by atoms with Crippen LogP contribution in [-0.2, 0) is 10.0 Å². The zero-order valence-corrected chi connectivity index (χ0v) is 18.3. The summed E-state index contributed by atoms with van der Waals surface area (Å²) in [5.41, 5.74) is 0.897. The van der Waals surface area contributed by atoms with Crippen molar-refractivity contribution >= 4 is 65.8 Å². The summed E-state index contributed by atoms with van der Waals surface area (Å²) in [6.45, 7) is 1.10. The van der Waals surface area contributed by atoms with E-state index in [2.05, 4.69) is 10.3 Å². The van der Waals surface area contributed by atoms with Crippen LogP contribution in [0, 0.1) is 0 Å². The molecule has 0 saturated carbocycles. The number of hydrogen-bond acceptors (Lipinski definition) is 5. The first-order valence-electron chi connectivity index (χ1n) is 9.02.